The van der Waals surface area contributed by atoms with Crippen molar-refractivity contribution in [1.29, 1.82) is 0 Å². The van der Waals surface area contributed by atoms with E-state index in [9.17, 15) is 9.59 Å². The third-order valence-corrected chi connectivity index (χ3v) is 3.25. The summed E-state index contributed by atoms with van der Waals surface area (Å²) in [6.07, 6.45) is 2.81. The van der Waals surface area contributed by atoms with Crippen LogP contribution in [0.4, 0.5) is 5.69 Å². The minimum absolute atomic E-state index is 0.0843. The molecule has 2 aromatic rings. The normalized spacial score (nSPS) is 10.3. The van der Waals surface area contributed by atoms with Crippen LogP contribution in [0.25, 0.3) is 0 Å². The number of benzene rings is 1. The first-order valence-electron chi connectivity index (χ1n) is 6.04. The van der Waals surface area contributed by atoms with E-state index in [1.807, 2.05) is 13.0 Å². The van der Waals surface area contributed by atoms with Crippen molar-refractivity contribution in [3.8, 4) is 0 Å². The first-order valence-corrected chi connectivity index (χ1v) is 6.42. The molecule has 0 atom stereocenters. The molecule has 0 saturated carbocycles. The number of hydrogen-bond donors (Lipinski definition) is 1. The van der Waals surface area contributed by atoms with Crippen molar-refractivity contribution in [2.24, 2.45) is 0 Å². The fourth-order valence-electron chi connectivity index (χ4n) is 1.70. The Balaban J connectivity index is 2.11. The summed E-state index contributed by atoms with van der Waals surface area (Å²) >= 11 is 5.99. The van der Waals surface area contributed by atoms with Gasteiger partial charge >= 0.3 is 0 Å². The molecule has 0 radical (unpaired) electrons. The van der Waals surface area contributed by atoms with Crippen molar-refractivity contribution in [3.63, 3.8) is 0 Å². The highest BCUT2D eigenvalue weighted by Gasteiger charge is 2.07. The van der Waals surface area contributed by atoms with Crippen LogP contribution in [0.1, 0.15) is 11.1 Å². The number of halogens is 1. The fourth-order valence-corrected chi connectivity index (χ4v) is 1.88. The summed E-state index contributed by atoms with van der Waals surface area (Å²) in [5, 5.41) is 3.27. The standard InChI is InChI=1S/C14H14ClN3O2/c1-9-3-4-11(5-12(9)15)17-13(19)7-18-8-16-6-10(2)14(18)20/h3-6,8H,7H2,1-2H3,(H,17,19). The lowest BCUT2D eigenvalue weighted by molar-refractivity contribution is -0.116. The van der Waals surface area contributed by atoms with E-state index in [0.29, 0.717) is 16.3 Å². The molecule has 0 aliphatic heterocycles. The lowest BCUT2D eigenvalue weighted by Crippen LogP contribution is -2.28. The Labute approximate surface area is 121 Å². The van der Waals surface area contributed by atoms with Crippen molar-refractivity contribution in [2.75, 3.05) is 5.32 Å². The van der Waals surface area contributed by atoms with E-state index >= 15 is 0 Å². The second-order valence-electron chi connectivity index (χ2n) is 4.52. The minimum atomic E-state index is -0.306. The largest absolute Gasteiger partial charge is 0.324 e. The minimum Gasteiger partial charge on any atom is -0.324 e. The smallest absolute Gasteiger partial charge is 0.256 e. The lowest BCUT2D eigenvalue weighted by atomic mass is 10.2. The van der Waals surface area contributed by atoms with Crippen molar-refractivity contribution in [2.45, 2.75) is 20.4 Å². The van der Waals surface area contributed by atoms with Crippen LogP contribution in [0.3, 0.4) is 0 Å². The summed E-state index contributed by atoms with van der Waals surface area (Å²) in [7, 11) is 0. The maximum absolute atomic E-state index is 11.9. The Morgan fingerprint density at radius 3 is 2.80 bits per heavy atom. The highest BCUT2D eigenvalue weighted by molar-refractivity contribution is 6.31. The van der Waals surface area contributed by atoms with Gasteiger partial charge in [0.25, 0.3) is 5.56 Å². The van der Waals surface area contributed by atoms with Crippen molar-refractivity contribution in [3.05, 3.63) is 57.2 Å². The SMILES string of the molecule is Cc1ccc(NC(=O)Cn2cncc(C)c2=O)cc1Cl. The molecule has 1 amide bonds. The number of carbonyl (C=O) groups is 1. The Morgan fingerprint density at radius 2 is 2.10 bits per heavy atom. The van der Waals surface area contributed by atoms with E-state index in [4.69, 9.17) is 11.6 Å². The lowest BCUT2D eigenvalue weighted by Gasteiger charge is -2.08. The molecular formula is C14H14ClN3O2. The molecule has 0 aliphatic rings. The van der Waals surface area contributed by atoms with Crippen LogP contribution < -0.4 is 10.9 Å². The number of rotatable bonds is 3. The van der Waals surface area contributed by atoms with Crippen molar-refractivity contribution >= 4 is 23.2 Å². The van der Waals surface area contributed by atoms with Crippen LogP contribution in [0.15, 0.2) is 35.5 Å². The van der Waals surface area contributed by atoms with E-state index in [1.165, 1.54) is 17.1 Å². The van der Waals surface area contributed by atoms with Crippen LogP contribution in [0.2, 0.25) is 5.02 Å². The zero-order valence-electron chi connectivity index (χ0n) is 11.2. The van der Waals surface area contributed by atoms with Crippen LogP contribution in [0, 0.1) is 13.8 Å². The number of amides is 1. The van der Waals surface area contributed by atoms with Crippen LogP contribution >= 0.6 is 11.6 Å². The van der Waals surface area contributed by atoms with Gasteiger partial charge in [-0.3, -0.25) is 14.2 Å². The third-order valence-electron chi connectivity index (χ3n) is 2.84. The highest BCUT2D eigenvalue weighted by atomic mass is 35.5. The maximum atomic E-state index is 11.9. The number of carbonyl (C=O) groups excluding carboxylic acids is 1. The van der Waals surface area contributed by atoms with Crippen molar-refractivity contribution in [1.82, 2.24) is 9.55 Å². The zero-order chi connectivity index (χ0) is 14.7. The molecule has 1 N–H and O–H groups in total. The Kier molecular flexibility index (Phi) is 4.20. The maximum Gasteiger partial charge on any atom is 0.256 e. The molecule has 0 aliphatic carbocycles. The Morgan fingerprint density at radius 1 is 1.35 bits per heavy atom. The molecule has 0 unspecified atom stereocenters. The topological polar surface area (TPSA) is 64.0 Å². The van der Waals surface area contributed by atoms with Gasteiger partial charge in [0, 0.05) is 22.5 Å². The van der Waals surface area contributed by atoms with E-state index < -0.39 is 0 Å². The zero-order valence-corrected chi connectivity index (χ0v) is 11.9. The highest BCUT2D eigenvalue weighted by Crippen LogP contribution is 2.19. The number of anilines is 1. The molecule has 0 bridgehead atoms. The summed E-state index contributed by atoms with van der Waals surface area (Å²) in [6, 6.07) is 5.25. The molecule has 20 heavy (non-hydrogen) atoms. The summed E-state index contributed by atoms with van der Waals surface area (Å²) < 4.78 is 1.26. The Bertz CT molecular complexity index is 710. The van der Waals surface area contributed by atoms with Gasteiger partial charge in [-0.05, 0) is 31.5 Å². The van der Waals surface area contributed by atoms with Gasteiger partial charge in [-0.15, -0.1) is 0 Å². The van der Waals surface area contributed by atoms with Gasteiger partial charge in [0.1, 0.15) is 6.54 Å². The predicted octanol–water partition coefficient (Wildman–Crippen LogP) is 2.15. The number of aryl methyl sites for hydroxylation is 2. The molecule has 1 aromatic carbocycles. The van der Waals surface area contributed by atoms with Crippen molar-refractivity contribution < 1.29 is 4.79 Å². The monoisotopic (exact) mass is 291 g/mol. The first-order chi connectivity index (χ1) is 9.47. The summed E-state index contributed by atoms with van der Waals surface area (Å²) in [4.78, 5) is 27.6. The summed E-state index contributed by atoms with van der Waals surface area (Å²) in [5.74, 6) is -0.306. The molecule has 0 fully saturated rings. The summed E-state index contributed by atoms with van der Waals surface area (Å²) in [6.45, 7) is 3.45. The molecule has 104 valence electrons. The van der Waals surface area contributed by atoms with Gasteiger partial charge in [-0.1, -0.05) is 17.7 Å². The predicted molar refractivity (Wildman–Crippen MR) is 78.1 cm³/mol. The first kappa shape index (κ1) is 14.3. The average Bonchev–Trinajstić information content (AvgIpc) is 2.39. The molecule has 6 heteroatoms. The second-order valence-corrected chi connectivity index (χ2v) is 4.93. The third kappa shape index (κ3) is 3.24. The number of nitrogens with one attached hydrogen (secondary N) is 1. The molecular weight excluding hydrogens is 278 g/mol. The van der Waals surface area contributed by atoms with E-state index in [2.05, 4.69) is 10.3 Å². The van der Waals surface area contributed by atoms with Gasteiger partial charge in [-0.25, -0.2) is 4.98 Å². The van der Waals surface area contributed by atoms with Gasteiger partial charge in [0.15, 0.2) is 0 Å². The molecule has 2 rings (SSSR count). The van der Waals surface area contributed by atoms with E-state index in [1.54, 1.807) is 19.1 Å². The van der Waals surface area contributed by atoms with Gasteiger partial charge < -0.3 is 5.32 Å². The van der Waals surface area contributed by atoms with Crippen LogP contribution in [-0.4, -0.2) is 15.5 Å². The van der Waals surface area contributed by atoms with E-state index in [-0.39, 0.29) is 18.0 Å². The van der Waals surface area contributed by atoms with E-state index in [0.717, 1.165) is 5.56 Å². The summed E-state index contributed by atoms with van der Waals surface area (Å²) in [5.41, 5.74) is 1.80. The fraction of sp³-hybridized carbons (Fsp3) is 0.214. The number of hydrogen-bond acceptors (Lipinski definition) is 3. The van der Waals surface area contributed by atoms with Gasteiger partial charge in [-0.2, -0.15) is 0 Å². The number of nitrogens with zero attached hydrogens (tertiary/aromatic N) is 2. The van der Waals surface area contributed by atoms with Gasteiger partial charge in [0.05, 0.1) is 6.33 Å². The molecule has 5 nitrogen and oxygen atoms in total. The molecule has 0 saturated heterocycles. The van der Waals surface area contributed by atoms with Crippen LogP contribution in [-0.2, 0) is 11.3 Å². The second kappa shape index (κ2) is 5.88. The van der Waals surface area contributed by atoms with Gasteiger partial charge in [0.2, 0.25) is 5.91 Å². The number of aromatic nitrogens is 2. The molecule has 0 spiro atoms. The van der Waals surface area contributed by atoms with Crippen LogP contribution in [0.5, 0.6) is 0 Å². The average molecular weight is 292 g/mol. The molecule has 1 aromatic heterocycles. The quantitative estimate of drug-likeness (QED) is 0.942. The molecule has 1 heterocycles. The Hall–Kier alpha value is -2.14.